The number of carbonyl (C=O) groups excluding carboxylic acids is 1. The third-order valence-corrected chi connectivity index (χ3v) is 4.90. The van der Waals surface area contributed by atoms with Gasteiger partial charge in [-0.15, -0.1) is 24.2 Å². The summed E-state index contributed by atoms with van der Waals surface area (Å²) in [6, 6.07) is 6.04. The van der Waals surface area contributed by atoms with Crippen LogP contribution in [-0.4, -0.2) is 49.9 Å². The zero-order valence-electron chi connectivity index (χ0n) is 13.6. The predicted molar refractivity (Wildman–Crippen MR) is 95.9 cm³/mol. The van der Waals surface area contributed by atoms with Gasteiger partial charge in [0, 0.05) is 36.2 Å². The average Bonchev–Trinajstić information content (AvgIpc) is 3.03. The molecule has 23 heavy (non-hydrogen) atoms. The Morgan fingerprint density at radius 1 is 1.35 bits per heavy atom. The summed E-state index contributed by atoms with van der Waals surface area (Å²) >= 11 is 1.65. The third-order valence-electron chi connectivity index (χ3n) is 3.91. The van der Waals surface area contributed by atoms with E-state index in [0.29, 0.717) is 24.5 Å². The first-order valence-electron chi connectivity index (χ1n) is 7.54. The molecule has 0 aromatic heterocycles. The van der Waals surface area contributed by atoms with Crippen LogP contribution in [0.5, 0.6) is 11.5 Å². The molecule has 1 unspecified atom stereocenters. The van der Waals surface area contributed by atoms with E-state index in [-0.39, 0.29) is 24.4 Å². The van der Waals surface area contributed by atoms with Gasteiger partial charge in [-0.1, -0.05) is 0 Å². The lowest BCUT2D eigenvalue weighted by molar-refractivity contribution is -0.131. The van der Waals surface area contributed by atoms with Crippen LogP contribution in [0.1, 0.15) is 19.3 Å². The van der Waals surface area contributed by atoms with Crippen molar-refractivity contribution in [1.82, 2.24) is 4.90 Å². The molecule has 1 aromatic carbocycles. The molecule has 7 heteroatoms. The number of thioether (sulfide) groups is 1. The molecule has 0 aliphatic carbocycles. The third kappa shape index (κ3) is 5.19. The molecule has 0 radical (unpaired) electrons. The molecule has 1 saturated heterocycles. The molecular weight excluding hydrogens is 336 g/mol. The maximum atomic E-state index is 12.2. The topological polar surface area (TPSA) is 64.8 Å². The maximum Gasteiger partial charge on any atom is 0.223 e. The lowest BCUT2D eigenvalue weighted by Gasteiger charge is -2.23. The summed E-state index contributed by atoms with van der Waals surface area (Å²) in [5, 5.41) is 0. The van der Waals surface area contributed by atoms with Gasteiger partial charge < -0.3 is 20.1 Å². The summed E-state index contributed by atoms with van der Waals surface area (Å²) in [7, 11) is 3.24. The Bertz CT molecular complexity index is 516. The molecule has 1 aromatic rings. The van der Waals surface area contributed by atoms with Gasteiger partial charge in [0.05, 0.1) is 14.2 Å². The Balaban J connectivity index is 0.00000264. The highest BCUT2D eigenvalue weighted by Gasteiger charge is 2.26. The van der Waals surface area contributed by atoms with E-state index in [2.05, 4.69) is 0 Å². The van der Waals surface area contributed by atoms with Crippen LogP contribution in [0.2, 0.25) is 0 Å². The first kappa shape index (κ1) is 19.9. The molecule has 1 atom stereocenters. The maximum absolute atomic E-state index is 12.2. The molecular formula is C16H25ClN2O3S. The zero-order chi connectivity index (χ0) is 15.9. The van der Waals surface area contributed by atoms with Gasteiger partial charge in [0.25, 0.3) is 0 Å². The highest BCUT2D eigenvalue weighted by molar-refractivity contribution is 7.99. The smallest absolute Gasteiger partial charge is 0.223 e. The highest BCUT2D eigenvalue weighted by Crippen LogP contribution is 2.32. The molecule has 2 rings (SSSR count). The number of ether oxygens (including phenoxy) is 2. The number of nitrogens with two attached hydrogens (primary N) is 1. The fraction of sp³-hybridized carbons (Fsp3) is 0.562. The summed E-state index contributed by atoms with van der Waals surface area (Å²) in [4.78, 5) is 15.3. The van der Waals surface area contributed by atoms with Crippen LogP contribution in [-0.2, 0) is 4.79 Å². The fourth-order valence-corrected chi connectivity index (χ4v) is 3.58. The van der Waals surface area contributed by atoms with Crippen molar-refractivity contribution < 1.29 is 14.3 Å². The van der Waals surface area contributed by atoms with Crippen molar-refractivity contribution in [3.8, 4) is 11.5 Å². The summed E-state index contributed by atoms with van der Waals surface area (Å²) in [5.41, 5.74) is 5.72. The molecule has 0 bridgehead atoms. The van der Waals surface area contributed by atoms with Crippen LogP contribution in [0.15, 0.2) is 23.1 Å². The van der Waals surface area contributed by atoms with E-state index in [0.717, 1.165) is 30.0 Å². The minimum atomic E-state index is 0. The van der Waals surface area contributed by atoms with Gasteiger partial charge in [-0.3, -0.25) is 4.79 Å². The number of carbonyl (C=O) groups is 1. The second-order valence-electron chi connectivity index (χ2n) is 5.23. The number of hydrogen-bond acceptors (Lipinski definition) is 5. The number of likely N-dealkylation sites (tertiary alicyclic amines) is 1. The van der Waals surface area contributed by atoms with Gasteiger partial charge in [-0.05, 0) is 31.0 Å². The summed E-state index contributed by atoms with van der Waals surface area (Å²) < 4.78 is 10.5. The molecule has 1 amide bonds. The van der Waals surface area contributed by atoms with Crippen LogP contribution in [0.25, 0.3) is 0 Å². The standard InChI is InChI=1S/C16H24N2O3S.ClH/c1-20-14-6-5-13(10-15(14)21-2)22-9-7-16(19)18-8-3-4-12(18)11-17;/h5-6,10,12H,3-4,7-9,11,17H2,1-2H3;1H. The van der Waals surface area contributed by atoms with Crippen LogP contribution in [0.4, 0.5) is 0 Å². The van der Waals surface area contributed by atoms with Gasteiger partial charge >= 0.3 is 0 Å². The molecule has 1 aliphatic rings. The van der Waals surface area contributed by atoms with Crippen molar-refractivity contribution in [2.24, 2.45) is 5.73 Å². The van der Waals surface area contributed by atoms with E-state index in [1.807, 2.05) is 23.1 Å². The van der Waals surface area contributed by atoms with E-state index >= 15 is 0 Å². The largest absolute Gasteiger partial charge is 0.493 e. The number of methoxy groups -OCH3 is 2. The van der Waals surface area contributed by atoms with Gasteiger partial charge in [-0.2, -0.15) is 0 Å². The highest BCUT2D eigenvalue weighted by atomic mass is 35.5. The zero-order valence-corrected chi connectivity index (χ0v) is 15.3. The van der Waals surface area contributed by atoms with Gasteiger partial charge in [0.15, 0.2) is 11.5 Å². The average molecular weight is 361 g/mol. The molecule has 130 valence electrons. The second kappa shape index (κ2) is 9.90. The molecule has 1 aliphatic heterocycles. The SMILES string of the molecule is COc1ccc(SCCC(=O)N2CCCC2CN)cc1OC.Cl. The Hall–Kier alpha value is -1.11. The normalized spacial score (nSPS) is 16.8. The molecule has 1 fully saturated rings. The van der Waals surface area contributed by atoms with Gasteiger partial charge in [-0.25, -0.2) is 0 Å². The minimum Gasteiger partial charge on any atom is -0.493 e. The van der Waals surface area contributed by atoms with Crippen molar-refractivity contribution in [3.63, 3.8) is 0 Å². The number of halogens is 1. The Kier molecular flexibility index (Phi) is 8.58. The van der Waals surface area contributed by atoms with Gasteiger partial charge in [0.2, 0.25) is 5.91 Å². The van der Waals surface area contributed by atoms with Crippen molar-refractivity contribution >= 4 is 30.1 Å². The fourth-order valence-electron chi connectivity index (χ4n) is 2.72. The minimum absolute atomic E-state index is 0. The number of hydrogen-bond donors (Lipinski definition) is 1. The molecule has 0 saturated carbocycles. The Morgan fingerprint density at radius 2 is 2.09 bits per heavy atom. The Morgan fingerprint density at radius 3 is 2.74 bits per heavy atom. The number of rotatable bonds is 7. The first-order valence-corrected chi connectivity index (χ1v) is 8.52. The molecule has 1 heterocycles. The van der Waals surface area contributed by atoms with E-state index in [9.17, 15) is 4.79 Å². The Labute approximate surface area is 148 Å². The monoisotopic (exact) mass is 360 g/mol. The number of nitrogens with zero attached hydrogens (tertiary/aromatic N) is 1. The van der Waals surface area contributed by atoms with Crippen LogP contribution in [0, 0.1) is 0 Å². The molecule has 2 N–H and O–H groups in total. The summed E-state index contributed by atoms with van der Waals surface area (Å²) in [6.45, 7) is 1.41. The van der Waals surface area contributed by atoms with Crippen molar-refractivity contribution in [3.05, 3.63) is 18.2 Å². The first-order chi connectivity index (χ1) is 10.7. The van der Waals surface area contributed by atoms with Crippen LogP contribution < -0.4 is 15.2 Å². The molecule has 0 spiro atoms. The lowest BCUT2D eigenvalue weighted by atomic mass is 10.2. The quantitative estimate of drug-likeness (QED) is 0.757. The van der Waals surface area contributed by atoms with Crippen molar-refractivity contribution in [2.45, 2.75) is 30.2 Å². The van der Waals surface area contributed by atoms with Crippen molar-refractivity contribution in [1.29, 1.82) is 0 Å². The van der Waals surface area contributed by atoms with Crippen LogP contribution in [0.3, 0.4) is 0 Å². The predicted octanol–water partition coefficient (Wildman–Crippen LogP) is 2.56. The number of benzene rings is 1. The summed E-state index contributed by atoms with van der Waals surface area (Å²) in [5.74, 6) is 2.38. The second-order valence-corrected chi connectivity index (χ2v) is 6.40. The van der Waals surface area contributed by atoms with Crippen LogP contribution >= 0.6 is 24.2 Å². The summed E-state index contributed by atoms with van der Waals surface area (Å²) in [6.07, 6.45) is 2.64. The van der Waals surface area contributed by atoms with Gasteiger partial charge in [0.1, 0.15) is 0 Å². The number of amides is 1. The van der Waals surface area contributed by atoms with E-state index in [1.165, 1.54) is 0 Å². The van der Waals surface area contributed by atoms with E-state index in [4.69, 9.17) is 15.2 Å². The van der Waals surface area contributed by atoms with Crippen molar-refractivity contribution in [2.75, 3.05) is 33.1 Å². The van der Waals surface area contributed by atoms with E-state index in [1.54, 1.807) is 26.0 Å². The van der Waals surface area contributed by atoms with E-state index < -0.39 is 0 Å². The molecule has 5 nitrogen and oxygen atoms in total. The lowest BCUT2D eigenvalue weighted by Crippen LogP contribution is -2.40.